The molecule has 2 N–H and O–H groups in total. The van der Waals surface area contributed by atoms with E-state index in [1.165, 1.54) is 23.8 Å². The lowest BCUT2D eigenvalue weighted by atomic mass is 10.2. The van der Waals surface area contributed by atoms with Crippen LogP contribution in [0.1, 0.15) is 12.8 Å². The lowest BCUT2D eigenvalue weighted by Crippen LogP contribution is -2.17. The van der Waals surface area contributed by atoms with E-state index in [1.54, 1.807) is 54.6 Å². The Hall–Kier alpha value is -4.05. The number of nitrogens with zero attached hydrogens (tertiary/aromatic N) is 1. The predicted octanol–water partition coefficient (Wildman–Crippen LogP) is 3.82. The summed E-state index contributed by atoms with van der Waals surface area (Å²) in [6, 6.07) is 19.7. The highest BCUT2D eigenvalue weighted by Crippen LogP contribution is 2.27. The van der Waals surface area contributed by atoms with Crippen LogP contribution in [0.4, 0.5) is 11.4 Å². The fraction of sp³-hybridized carbons (Fsp3) is 0.167. The van der Waals surface area contributed by atoms with Gasteiger partial charge in [0.15, 0.2) is 5.58 Å². The molecular formula is C24H23N3O6S. The Morgan fingerprint density at radius 1 is 1.03 bits per heavy atom. The molecule has 34 heavy (non-hydrogen) atoms. The number of carbonyl (C=O) groups excluding carboxylic acids is 1. The second kappa shape index (κ2) is 9.84. The average molecular weight is 482 g/mol. The van der Waals surface area contributed by atoms with Gasteiger partial charge >= 0.3 is 5.76 Å². The summed E-state index contributed by atoms with van der Waals surface area (Å²) in [5.41, 5.74) is 1.82. The average Bonchev–Trinajstić information content (AvgIpc) is 3.14. The van der Waals surface area contributed by atoms with Gasteiger partial charge in [-0.15, -0.1) is 0 Å². The van der Waals surface area contributed by atoms with Crippen molar-refractivity contribution in [2.45, 2.75) is 24.3 Å². The van der Waals surface area contributed by atoms with Crippen LogP contribution in [0.15, 0.2) is 86.9 Å². The molecule has 9 nitrogen and oxygen atoms in total. The van der Waals surface area contributed by atoms with E-state index in [0.29, 0.717) is 41.2 Å². The number of ether oxygens (including phenoxy) is 1. The molecule has 176 valence electrons. The van der Waals surface area contributed by atoms with Gasteiger partial charge in [0.2, 0.25) is 5.91 Å². The Bertz CT molecular complexity index is 1490. The summed E-state index contributed by atoms with van der Waals surface area (Å²) in [7, 11) is -2.45. The predicted molar refractivity (Wildman–Crippen MR) is 129 cm³/mol. The monoisotopic (exact) mass is 481 g/mol. The highest BCUT2D eigenvalue weighted by molar-refractivity contribution is 7.92. The molecule has 10 heteroatoms. The molecule has 0 fully saturated rings. The number of rotatable bonds is 9. The van der Waals surface area contributed by atoms with Crippen molar-refractivity contribution in [3.63, 3.8) is 0 Å². The number of amides is 1. The number of oxazole rings is 1. The largest absolute Gasteiger partial charge is 0.495 e. The van der Waals surface area contributed by atoms with Crippen LogP contribution in [-0.4, -0.2) is 26.0 Å². The van der Waals surface area contributed by atoms with Gasteiger partial charge in [-0.2, -0.15) is 0 Å². The zero-order valence-electron chi connectivity index (χ0n) is 18.4. The van der Waals surface area contributed by atoms with Crippen molar-refractivity contribution in [1.29, 1.82) is 0 Å². The number of methoxy groups -OCH3 is 1. The van der Waals surface area contributed by atoms with Gasteiger partial charge in [0.1, 0.15) is 5.75 Å². The number of carbonyl (C=O) groups is 1. The summed E-state index contributed by atoms with van der Waals surface area (Å²) in [5.74, 6) is -0.379. The highest BCUT2D eigenvalue weighted by Gasteiger charge is 2.17. The van der Waals surface area contributed by atoms with Crippen molar-refractivity contribution in [1.82, 2.24) is 4.57 Å². The summed E-state index contributed by atoms with van der Waals surface area (Å²) in [6.45, 7) is 0.320. The van der Waals surface area contributed by atoms with Gasteiger partial charge in [-0.25, -0.2) is 13.2 Å². The van der Waals surface area contributed by atoms with Crippen LogP contribution in [-0.2, 0) is 21.4 Å². The van der Waals surface area contributed by atoms with Crippen LogP contribution in [0.2, 0.25) is 0 Å². The molecule has 0 aliphatic carbocycles. The highest BCUT2D eigenvalue weighted by atomic mass is 32.2. The zero-order valence-corrected chi connectivity index (χ0v) is 19.2. The fourth-order valence-corrected chi connectivity index (χ4v) is 4.64. The number of hydrogen-bond acceptors (Lipinski definition) is 6. The number of aryl methyl sites for hydroxylation is 1. The zero-order chi connectivity index (χ0) is 24.1. The molecule has 4 rings (SSSR count). The third kappa shape index (κ3) is 5.12. The molecule has 0 spiro atoms. The molecule has 1 heterocycles. The van der Waals surface area contributed by atoms with Crippen molar-refractivity contribution >= 4 is 38.4 Å². The molecule has 1 amide bonds. The summed E-state index contributed by atoms with van der Waals surface area (Å²) in [4.78, 5) is 24.4. The minimum absolute atomic E-state index is 0.00683. The molecule has 4 aromatic rings. The van der Waals surface area contributed by atoms with Crippen molar-refractivity contribution in [3.8, 4) is 5.75 Å². The Morgan fingerprint density at radius 2 is 1.79 bits per heavy atom. The van der Waals surface area contributed by atoms with Crippen molar-refractivity contribution in [3.05, 3.63) is 83.3 Å². The molecule has 3 aromatic carbocycles. The third-order valence-corrected chi connectivity index (χ3v) is 6.50. The Morgan fingerprint density at radius 3 is 2.62 bits per heavy atom. The standard InChI is InChI=1S/C24H23N3O6S/c1-32-21-12-4-2-10-19(21)26-34(30,31)18-9-6-8-17(16-18)25-23(28)14-7-15-27-20-11-3-5-13-22(20)33-24(27)29/h2-6,8-13,16,26H,7,14-15H2,1H3,(H,25,28). The van der Waals surface area contributed by atoms with Gasteiger partial charge in [-0.1, -0.05) is 30.3 Å². The first-order valence-corrected chi connectivity index (χ1v) is 12.0. The van der Waals surface area contributed by atoms with Crippen LogP contribution in [0, 0.1) is 0 Å². The molecule has 0 aliphatic rings. The Balaban J connectivity index is 1.39. The molecule has 0 unspecified atom stereocenters. The van der Waals surface area contributed by atoms with Crippen molar-refractivity contribution in [2.24, 2.45) is 0 Å². The van der Waals surface area contributed by atoms with Crippen LogP contribution < -0.4 is 20.5 Å². The van der Waals surface area contributed by atoms with Gasteiger partial charge < -0.3 is 14.5 Å². The van der Waals surface area contributed by atoms with E-state index in [0.717, 1.165) is 0 Å². The third-order valence-electron chi connectivity index (χ3n) is 5.14. The lowest BCUT2D eigenvalue weighted by molar-refractivity contribution is -0.116. The molecule has 0 bridgehead atoms. The second-order valence-corrected chi connectivity index (χ2v) is 9.16. The van der Waals surface area contributed by atoms with E-state index >= 15 is 0 Å². The maximum atomic E-state index is 12.8. The van der Waals surface area contributed by atoms with Gasteiger partial charge in [-0.05, 0) is 48.9 Å². The van der Waals surface area contributed by atoms with Crippen LogP contribution in [0.3, 0.4) is 0 Å². The molecule has 0 saturated carbocycles. The normalized spacial score (nSPS) is 11.3. The number of nitrogens with one attached hydrogen (secondary N) is 2. The number of anilines is 2. The maximum absolute atomic E-state index is 12.8. The van der Waals surface area contributed by atoms with E-state index < -0.39 is 15.8 Å². The van der Waals surface area contributed by atoms with E-state index in [9.17, 15) is 18.0 Å². The molecule has 0 atom stereocenters. The molecule has 1 aromatic heterocycles. The SMILES string of the molecule is COc1ccccc1NS(=O)(=O)c1cccc(NC(=O)CCCn2c(=O)oc3ccccc32)c1. The number of sulfonamides is 1. The number of benzene rings is 3. The smallest absolute Gasteiger partial charge is 0.419 e. The van der Waals surface area contributed by atoms with E-state index in [2.05, 4.69) is 10.0 Å². The van der Waals surface area contributed by atoms with E-state index in [4.69, 9.17) is 9.15 Å². The van der Waals surface area contributed by atoms with Crippen molar-refractivity contribution in [2.75, 3.05) is 17.1 Å². The second-order valence-electron chi connectivity index (χ2n) is 7.47. The van der Waals surface area contributed by atoms with E-state index in [1.807, 2.05) is 6.07 Å². The minimum atomic E-state index is -3.91. The quantitative estimate of drug-likeness (QED) is 0.375. The molecular weight excluding hydrogens is 458 g/mol. The first-order valence-electron chi connectivity index (χ1n) is 10.5. The van der Waals surface area contributed by atoms with Gasteiger partial charge in [0, 0.05) is 18.7 Å². The summed E-state index contributed by atoms with van der Waals surface area (Å²) < 4.78 is 40.0. The van der Waals surface area contributed by atoms with E-state index in [-0.39, 0.29) is 17.2 Å². The van der Waals surface area contributed by atoms with Gasteiger partial charge in [-0.3, -0.25) is 14.1 Å². The van der Waals surface area contributed by atoms with Gasteiger partial charge in [0.25, 0.3) is 10.0 Å². The molecule has 0 radical (unpaired) electrons. The lowest BCUT2D eigenvalue weighted by Gasteiger charge is -2.12. The summed E-state index contributed by atoms with van der Waals surface area (Å²) in [5, 5.41) is 2.71. The number of para-hydroxylation sites is 4. The Labute approximate surface area is 196 Å². The molecule has 0 aliphatic heterocycles. The summed E-state index contributed by atoms with van der Waals surface area (Å²) in [6.07, 6.45) is 0.547. The maximum Gasteiger partial charge on any atom is 0.419 e. The fourth-order valence-electron chi connectivity index (χ4n) is 3.52. The van der Waals surface area contributed by atoms with Crippen LogP contribution in [0.25, 0.3) is 11.1 Å². The Kier molecular flexibility index (Phi) is 6.69. The number of aromatic nitrogens is 1. The topological polar surface area (TPSA) is 120 Å². The number of fused-ring (bicyclic) bond motifs is 1. The first-order chi connectivity index (χ1) is 16.4. The number of hydrogen-bond donors (Lipinski definition) is 2. The van der Waals surface area contributed by atoms with Crippen molar-refractivity contribution < 1.29 is 22.4 Å². The summed E-state index contributed by atoms with van der Waals surface area (Å²) >= 11 is 0. The minimum Gasteiger partial charge on any atom is -0.495 e. The molecule has 0 saturated heterocycles. The van der Waals surface area contributed by atoms with Crippen LogP contribution in [0.5, 0.6) is 5.75 Å². The first kappa shape index (κ1) is 23.1. The van der Waals surface area contributed by atoms with Gasteiger partial charge in [0.05, 0.1) is 23.2 Å². The van der Waals surface area contributed by atoms with Crippen LogP contribution >= 0.6 is 0 Å².